The van der Waals surface area contributed by atoms with Crippen LogP contribution in [0, 0.1) is 0 Å². The standard InChI is InChI=1S/C6H8BrN3O/c7-5-2-1-4(11-5)3-10-6(8)9/h1-2H,3H2,(H4,8,9,10). The Balaban J connectivity index is 2.58. The summed E-state index contributed by atoms with van der Waals surface area (Å²) in [4.78, 5) is 3.77. The van der Waals surface area contributed by atoms with Gasteiger partial charge in [-0.2, -0.15) is 0 Å². The third-order valence-corrected chi connectivity index (χ3v) is 1.47. The fourth-order valence-electron chi connectivity index (χ4n) is 0.606. The van der Waals surface area contributed by atoms with E-state index in [-0.39, 0.29) is 5.96 Å². The highest BCUT2D eigenvalue weighted by molar-refractivity contribution is 9.10. The summed E-state index contributed by atoms with van der Waals surface area (Å²) in [6.45, 7) is 0.383. The Labute approximate surface area is 72.4 Å². The highest BCUT2D eigenvalue weighted by atomic mass is 79.9. The number of nitrogens with two attached hydrogens (primary N) is 2. The SMILES string of the molecule is NC(N)=NCc1ccc(Br)o1. The van der Waals surface area contributed by atoms with E-state index in [2.05, 4.69) is 20.9 Å². The van der Waals surface area contributed by atoms with Gasteiger partial charge in [0.15, 0.2) is 10.6 Å². The summed E-state index contributed by atoms with van der Waals surface area (Å²) in [5, 5.41) is 0. The van der Waals surface area contributed by atoms with Crippen molar-refractivity contribution < 1.29 is 4.42 Å². The molecular weight excluding hydrogens is 210 g/mol. The molecule has 0 amide bonds. The van der Waals surface area contributed by atoms with Crippen molar-refractivity contribution >= 4 is 21.9 Å². The van der Waals surface area contributed by atoms with E-state index in [0.717, 1.165) is 5.76 Å². The Bertz CT molecular complexity index is 265. The zero-order valence-electron chi connectivity index (χ0n) is 5.75. The summed E-state index contributed by atoms with van der Waals surface area (Å²) in [6.07, 6.45) is 0. The molecular formula is C6H8BrN3O. The number of furan rings is 1. The van der Waals surface area contributed by atoms with Crippen molar-refractivity contribution in [1.29, 1.82) is 0 Å². The van der Waals surface area contributed by atoms with Crippen molar-refractivity contribution in [2.45, 2.75) is 6.54 Å². The first-order valence-electron chi connectivity index (χ1n) is 2.98. The van der Waals surface area contributed by atoms with Crippen LogP contribution in [0.1, 0.15) is 5.76 Å². The third kappa shape index (κ3) is 2.63. The molecule has 5 heteroatoms. The lowest BCUT2D eigenvalue weighted by Gasteiger charge is -1.89. The molecule has 1 heterocycles. The average molecular weight is 218 g/mol. The van der Waals surface area contributed by atoms with Crippen molar-refractivity contribution in [3.8, 4) is 0 Å². The maximum Gasteiger partial charge on any atom is 0.186 e. The lowest BCUT2D eigenvalue weighted by atomic mass is 10.5. The average Bonchev–Trinajstić information content (AvgIpc) is 2.31. The molecule has 0 fully saturated rings. The zero-order chi connectivity index (χ0) is 8.27. The van der Waals surface area contributed by atoms with Gasteiger partial charge in [0.05, 0.1) is 0 Å². The summed E-state index contributed by atoms with van der Waals surface area (Å²) in [5.74, 6) is 0.794. The van der Waals surface area contributed by atoms with Gasteiger partial charge in [-0.15, -0.1) is 0 Å². The van der Waals surface area contributed by atoms with Crippen LogP contribution in [0.3, 0.4) is 0 Å². The molecule has 4 nitrogen and oxygen atoms in total. The Morgan fingerprint density at radius 2 is 2.27 bits per heavy atom. The summed E-state index contributed by atoms with van der Waals surface area (Å²) in [6, 6.07) is 3.59. The molecule has 11 heavy (non-hydrogen) atoms. The van der Waals surface area contributed by atoms with Gasteiger partial charge < -0.3 is 15.9 Å². The lowest BCUT2D eigenvalue weighted by Crippen LogP contribution is -2.22. The molecule has 1 rings (SSSR count). The molecule has 0 saturated carbocycles. The van der Waals surface area contributed by atoms with Gasteiger partial charge >= 0.3 is 0 Å². The van der Waals surface area contributed by atoms with Crippen molar-refractivity contribution in [2.24, 2.45) is 16.5 Å². The minimum Gasteiger partial charge on any atom is -0.452 e. The molecule has 0 radical (unpaired) electrons. The summed E-state index contributed by atoms with van der Waals surface area (Å²) < 4.78 is 5.81. The molecule has 4 N–H and O–H groups in total. The van der Waals surface area contributed by atoms with E-state index in [1.807, 2.05) is 0 Å². The Hall–Kier alpha value is -0.970. The van der Waals surface area contributed by atoms with Gasteiger partial charge in [-0.05, 0) is 28.1 Å². The molecule has 60 valence electrons. The maximum absolute atomic E-state index is 5.13. The fraction of sp³-hybridized carbons (Fsp3) is 0.167. The lowest BCUT2D eigenvalue weighted by molar-refractivity contribution is 0.491. The van der Waals surface area contributed by atoms with Gasteiger partial charge in [-0.3, -0.25) is 0 Å². The summed E-state index contributed by atoms with van der Waals surface area (Å²) in [7, 11) is 0. The van der Waals surface area contributed by atoms with Crippen LogP contribution in [0.5, 0.6) is 0 Å². The Morgan fingerprint density at radius 1 is 1.55 bits per heavy atom. The first-order chi connectivity index (χ1) is 5.18. The van der Waals surface area contributed by atoms with Gasteiger partial charge in [0.25, 0.3) is 0 Å². The minimum atomic E-state index is 0.0672. The highest BCUT2D eigenvalue weighted by Crippen LogP contribution is 2.14. The molecule has 0 aliphatic rings. The predicted octanol–water partition coefficient (Wildman–Crippen LogP) is 0.816. The van der Waals surface area contributed by atoms with Gasteiger partial charge in [0, 0.05) is 0 Å². The van der Waals surface area contributed by atoms with Crippen LogP contribution in [-0.4, -0.2) is 5.96 Å². The summed E-state index contributed by atoms with van der Waals surface area (Å²) >= 11 is 3.16. The second-order valence-electron chi connectivity index (χ2n) is 1.95. The van der Waals surface area contributed by atoms with Crippen LogP contribution in [0.25, 0.3) is 0 Å². The fourth-order valence-corrected chi connectivity index (χ4v) is 0.946. The van der Waals surface area contributed by atoms with Crippen molar-refractivity contribution in [2.75, 3.05) is 0 Å². The second-order valence-corrected chi connectivity index (χ2v) is 2.73. The van der Waals surface area contributed by atoms with E-state index in [9.17, 15) is 0 Å². The predicted molar refractivity (Wildman–Crippen MR) is 45.9 cm³/mol. The van der Waals surface area contributed by atoms with E-state index >= 15 is 0 Å². The van der Waals surface area contributed by atoms with Gasteiger partial charge in [0.1, 0.15) is 12.3 Å². The largest absolute Gasteiger partial charge is 0.452 e. The molecule has 0 unspecified atom stereocenters. The number of nitrogens with zero attached hydrogens (tertiary/aromatic N) is 1. The van der Waals surface area contributed by atoms with Crippen molar-refractivity contribution in [3.63, 3.8) is 0 Å². The second kappa shape index (κ2) is 3.43. The van der Waals surface area contributed by atoms with E-state index in [4.69, 9.17) is 15.9 Å². The van der Waals surface area contributed by atoms with Crippen molar-refractivity contribution in [3.05, 3.63) is 22.6 Å². The van der Waals surface area contributed by atoms with E-state index in [1.165, 1.54) is 0 Å². The van der Waals surface area contributed by atoms with E-state index in [0.29, 0.717) is 11.2 Å². The van der Waals surface area contributed by atoms with Crippen LogP contribution in [0.4, 0.5) is 0 Å². The topological polar surface area (TPSA) is 77.5 Å². The molecule has 0 aliphatic heterocycles. The van der Waals surface area contributed by atoms with E-state index in [1.54, 1.807) is 12.1 Å². The van der Waals surface area contributed by atoms with Crippen LogP contribution >= 0.6 is 15.9 Å². The number of halogens is 1. The number of hydrogen-bond donors (Lipinski definition) is 2. The molecule has 1 aromatic heterocycles. The highest BCUT2D eigenvalue weighted by Gasteiger charge is 1.96. The number of hydrogen-bond acceptors (Lipinski definition) is 2. The number of guanidine groups is 1. The Kier molecular flexibility index (Phi) is 2.53. The minimum absolute atomic E-state index is 0.0672. The molecule has 0 aliphatic carbocycles. The van der Waals surface area contributed by atoms with Crippen molar-refractivity contribution in [1.82, 2.24) is 0 Å². The molecule has 0 spiro atoms. The zero-order valence-corrected chi connectivity index (χ0v) is 7.34. The molecule has 1 aromatic rings. The van der Waals surface area contributed by atoms with Crippen LogP contribution in [0.2, 0.25) is 0 Å². The third-order valence-electron chi connectivity index (χ3n) is 1.05. The van der Waals surface area contributed by atoms with Gasteiger partial charge in [0.2, 0.25) is 0 Å². The first kappa shape index (κ1) is 8.13. The smallest absolute Gasteiger partial charge is 0.186 e. The van der Waals surface area contributed by atoms with Crippen LogP contribution in [-0.2, 0) is 6.54 Å². The first-order valence-corrected chi connectivity index (χ1v) is 3.77. The quantitative estimate of drug-likeness (QED) is 0.569. The Morgan fingerprint density at radius 3 is 2.73 bits per heavy atom. The molecule has 0 saturated heterocycles. The van der Waals surface area contributed by atoms with E-state index < -0.39 is 0 Å². The molecule has 0 bridgehead atoms. The summed E-state index contributed by atoms with van der Waals surface area (Å²) in [5.41, 5.74) is 10.2. The van der Waals surface area contributed by atoms with Gasteiger partial charge in [-0.1, -0.05) is 0 Å². The van der Waals surface area contributed by atoms with Gasteiger partial charge in [-0.25, -0.2) is 4.99 Å². The molecule has 0 atom stereocenters. The monoisotopic (exact) mass is 217 g/mol. The molecule has 0 aromatic carbocycles. The number of aliphatic imine (C=N–C) groups is 1. The maximum atomic E-state index is 5.13. The van der Waals surface area contributed by atoms with Crippen LogP contribution in [0.15, 0.2) is 26.2 Å². The number of rotatable bonds is 2. The normalized spacial score (nSPS) is 9.55. The van der Waals surface area contributed by atoms with Crippen LogP contribution < -0.4 is 11.5 Å².